The van der Waals surface area contributed by atoms with Crippen LogP contribution in [0, 0.1) is 0 Å². The average molecular weight is 372 g/mol. The second-order valence-corrected chi connectivity index (χ2v) is 5.99. The number of carbonyl (C=O) groups is 1. The van der Waals surface area contributed by atoms with E-state index in [9.17, 15) is 4.79 Å². The zero-order valence-corrected chi connectivity index (χ0v) is 15.3. The third-order valence-electron chi connectivity index (χ3n) is 3.80. The van der Waals surface area contributed by atoms with E-state index in [1.807, 2.05) is 18.2 Å². The molecular weight excluding hydrogens is 354 g/mol. The lowest BCUT2D eigenvalue weighted by molar-refractivity contribution is -0.114. The predicted molar refractivity (Wildman–Crippen MR) is 104 cm³/mol. The minimum atomic E-state index is -0.149. The fourth-order valence-electron chi connectivity index (χ4n) is 2.63. The van der Waals surface area contributed by atoms with Gasteiger partial charge in [-0.05, 0) is 30.3 Å². The molecule has 1 heterocycles. The number of nitrogens with zero attached hydrogens (tertiary/aromatic N) is 1. The van der Waals surface area contributed by atoms with Gasteiger partial charge in [-0.15, -0.1) is 0 Å². The summed E-state index contributed by atoms with van der Waals surface area (Å²) in [6.45, 7) is 1.46. The van der Waals surface area contributed by atoms with Crippen LogP contribution in [0.4, 0.5) is 17.1 Å². The van der Waals surface area contributed by atoms with Crippen LogP contribution in [0.3, 0.4) is 0 Å². The van der Waals surface area contributed by atoms with Crippen molar-refractivity contribution in [3.63, 3.8) is 0 Å². The Balaban J connectivity index is 2.05. The second-order valence-electron chi connectivity index (χ2n) is 5.58. The molecule has 0 spiro atoms. The molecule has 26 heavy (non-hydrogen) atoms. The predicted octanol–water partition coefficient (Wildman–Crippen LogP) is 4.61. The minimum absolute atomic E-state index is 0.149. The molecule has 0 bridgehead atoms. The Morgan fingerprint density at radius 3 is 2.46 bits per heavy atom. The summed E-state index contributed by atoms with van der Waals surface area (Å²) < 4.78 is 10.7. The summed E-state index contributed by atoms with van der Waals surface area (Å²) in [5, 5.41) is 7.43. The summed E-state index contributed by atoms with van der Waals surface area (Å²) in [7, 11) is 3.17. The molecule has 0 unspecified atom stereocenters. The van der Waals surface area contributed by atoms with Gasteiger partial charge in [0.15, 0.2) is 11.5 Å². The number of halogens is 1. The van der Waals surface area contributed by atoms with Crippen LogP contribution in [0.5, 0.6) is 11.5 Å². The van der Waals surface area contributed by atoms with E-state index < -0.39 is 0 Å². The van der Waals surface area contributed by atoms with E-state index in [4.69, 9.17) is 21.1 Å². The largest absolute Gasteiger partial charge is 0.493 e. The van der Waals surface area contributed by atoms with Crippen molar-refractivity contribution in [3.05, 3.63) is 47.6 Å². The van der Waals surface area contributed by atoms with Crippen LogP contribution in [0.15, 0.2) is 42.6 Å². The lowest BCUT2D eigenvalue weighted by atomic mass is 10.1. The summed E-state index contributed by atoms with van der Waals surface area (Å²) in [6.07, 6.45) is 1.70. The van der Waals surface area contributed by atoms with Gasteiger partial charge in [0.05, 0.1) is 30.4 Å². The molecule has 0 fully saturated rings. The summed E-state index contributed by atoms with van der Waals surface area (Å²) in [4.78, 5) is 15.7. The first-order chi connectivity index (χ1) is 12.5. The molecule has 0 aliphatic carbocycles. The average Bonchev–Trinajstić information content (AvgIpc) is 2.63. The zero-order valence-electron chi connectivity index (χ0n) is 14.6. The zero-order chi connectivity index (χ0) is 18.7. The van der Waals surface area contributed by atoms with Crippen molar-refractivity contribution in [2.75, 3.05) is 24.9 Å². The van der Waals surface area contributed by atoms with Gasteiger partial charge in [-0.1, -0.05) is 11.6 Å². The van der Waals surface area contributed by atoms with Gasteiger partial charge >= 0.3 is 0 Å². The fourth-order valence-corrected chi connectivity index (χ4v) is 2.79. The first-order valence-corrected chi connectivity index (χ1v) is 8.24. The summed E-state index contributed by atoms with van der Waals surface area (Å²) >= 11 is 6.30. The number of amides is 1. The standard InChI is InChI=1S/C19H18ClN3O3/c1-11(24)22-12-4-5-14(20)17(8-12)23-15-6-7-21-16-10-19(26-3)18(25-2)9-13(15)16/h4-10H,1-3H3,(H,21,23)(H,22,24). The molecular formula is C19H18ClN3O3. The van der Waals surface area contributed by atoms with Crippen molar-refractivity contribution in [2.45, 2.75) is 6.92 Å². The van der Waals surface area contributed by atoms with Gasteiger partial charge < -0.3 is 20.1 Å². The van der Waals surface area contributed by atoms with E-state index in [-0.39, 0.29) is 5.91 Å². The number of hydrogen-bond donors (Lipinski definition) is 2. The molecule has 0 atom stereocenters. The minimum Gasteiger partial charge on any atom is -0.493 e. The third kappa shape index (κ3) is 3.65. The van der Waals surface area contributed by atoms with Crippen molar-refractivity contribution < 1.29 is 14.3 Å². The number of anilines is 3. The number of carbonyl (C=O) groups excluding carboxylic acids is 1. The highest BCUT2D eigenvalue weighted by atomic mass is 35.5. The Kier molecular flexibility index (Phi) is 5.14. The highest BCUT2D eigenvalue weighted by Crippen LogP contribution is 2.36. The topological polar surface area (TPSA) is 72.5 Å². The normalized spacial score (nSPS) is 10.5. The number of rotatable bonds is 5. The van der Waals surface area contributed by atoms with Crippen molar-refractivity contribution in [3.8, 4) is 11.5 Å². The van der Waals surface area contributed by atoms with Crippen LogP contribution >= 0.6 is 11.6 Å². The third-order valence-corrected chi connectivity index (χ3v) is 4.13. The molecule has 0 aliphatic heterocycles. The van der Waals surface area contributed by atoms with E-state index in [2.05, 4.69) is 15.6 Å². The van der Waals surface area contributed by atoms with Gasteiger partial charge in [-0.25, -0.2) is 0 Å². The number of nitrogens with one attached hydrogen (secondary N) is 2. The van der Waals surface area contributed by atoms with Crippen molar-refractivity contribution in [2.24, 2.45) is 0 Å². The maximum absolute atomic E-state index is 11.3. The summed E-state index contributed by atoms with van der Waals surface area (Å²) in [5.41, 5.74) is 2.88. The van der Waals surface area contributed by atoms with Gasteiger partial charge in [-0.3, -0.25) is 9.78 Å². The Bertz CT molecular complexity index is 976. The maximum atomic E-state index is 11.3. The highest BCUT2D eigenvalue weighted by molar-refractivity contribution is 6.33. The van der Waals surface area contributed by atoms with Crippen LogP contribution < -0.4 is 20.1 Å². The van der Waals surface area contributed by atoms with Gasteiger partial charge in [-0.2, -0.15) is 0 Å². The monoisotopic (exact) mass is 371 g/mol. The highest BCUT2D eigenvalue weighted by Gasteiger charge is 2.11. The van der Waals surface area contributed by atoms with Crippen LogP contribution in [-0.2, 0) is 4.79 Å². The summed E-state index contributed by atoms with van der Waals surface area (Å²) in [5.74, 6) is 1.06. The van der Waals surface area contributed by atoms with E-state index in [1.165, 1.54) is 6.92 Å². The number of methoxy groups -OCH3 is 2. The van der Waals surface area contributed by atoms with Crippen LogP contribution in [0.2, 0.25) is 5.02 Å². The number of hydrogen-bond acceptors (Lipinski definition) is 5. The Hall–Kier alpha value is -2.99. The lowest BCUT2D eigenvalue weighted by Crippen LogP contribution is -2.06. The molecule has 3 rings (SSSR count). The number of aromatic nitrogens is 1. The van der Waals surface area contributed by atoms with Crippen LogP contribution in [0.25, 0.3) is 10.9 Å². The first kappa shape index (κ1) is 17.8. The van der Waals surface area contributed by atoms with Crippen molar-refractivity contribution in [1.29, 1.82) is 0 Å². The number of fused-ring (bicyclic) bond motifs is 1. The molecule has 7 heteroatoms. The number of pyridine rings is 1. The number of benzene rings is 2. The molecule has 1 amide bonds. The number of ether oxygens (including phenoxy) is 2. The molecule has 134 valence electrons. The van der Waals surface area contributed by atoms with Crippen LogP contribution in [0.1, 0.15) is 6.92 Å². The van der Waals surface area contributed by atoms with Gasteiger partial charge in [0.2, 0.25) is 5.91 Å². The van der Waals surface area contributed by atoms with E-state index in [1.54, 1.807) is 38.6 Å². The van der Waals surface area contributed by atoms with Crippen molar-refractivity contribution >= 4 is 45.5 Å². The molecule has 0 radical (unpaired) electrons. The first-order valence-electron chi connectivity index (χ1n) is 7.86. The second kappa shape index (κ2) is 7.49. The molecule has 0 aliphatic rings. The Morgan fingerprint density at radius 1 is 1.04 bits per heavy atom. The SMILES string of the molecule is COc1cc2nccc(Nc3cc(NC(C)=O)ccc3Cl)c2cc1OC. The van der Waals surface area contributed by atoms with Crippen molar-refractivity contribution in [1.82, 2.24) is 4.98 Å². The van der Waals surface area contributed by atoms with Gasteiger partial charge in [0.1, 0.15) is 0 Å². The molecule has 2 N–H and O–H groups in total. The van der Waals surface area contributed by atoms with E-state index in [0.29, 0.717) is 27.9 Å². The van der Waals surface area contributed by atoms with Crippen LogP contribution in [-0.4, -0.2) is 25.1 Å². The summed E-state index contributed by atoms with van der Waals surface area (Å²) in [6, 6.07) is 10.8. The molecule has 2 aromatic carbocycles. The fraction of sp³-hybridized carbons (Fsp3) is 0.158. The van der Waals surface area contributed by atoms with Gasteiger partial charge in [0, 0.05) is 35.9 Å². The smallest absolute Gasteiger partial charge is 0.221 e. The Labute approximate surface area is 156 Å². The molecule has 1 aromatic heterocycles. The van der Waals surface area contributed by atoms with E-state index >= 15 is 0 Å². The quantitative estimate of drug-likeness (QED) is 0.685. The maximum Gasteiger partial charge on any atom is 0.221 e. The molecule has 0 saturated carbocycles. The van der Waals surface area contributed by atoms with E-state index in [0.717, 1.165) is 16.6 Å². The molecule has 0 saturated heterocycles. The Morgan fingerprint density at radius 2 is 1.77 bits per heavy atom. The molecule has 3 aromatic rings. The lowest BCUT2D eigenvalue weighted by Gasteiger charge is -2.14. The molecule has 6 nitrogen and oxygen atoms in total. The van der Waals surface area contributed by atoms with Gasteiger partial charge in [0.25, 0.3) is 0 Å².